The zero-order chi connectivity index (χ0) is 9.68. The molecule has 1 rings (SSSR count). The van der Waals surface area contributed by atoms with Crippen molar-refractivity contribution in [2.75, 3.05) is 0 Å². The van der Waals surface area contributed by atoms with E-state index in [-0.39, 0.29) is 5.78 Å². The fraction of sp³-hybridized carbons (Fsp3) is 0.100. The number of allylic oxidation sites excluding steroid dienone is 2. The zero-order valence-electron chi connectivity index (χ0n) is 7.36. The van der Waals surface area contributed by atoms with E-state index >= 15 is 0 Å². The Morgan fingerprint density at radius 1 is 1.38 bits per heavy atom. The first-order valence-corrected chi connectivity index (χ1v) is 4.35. The van der Waals surface area contributed by atoms with Crippen LogP contribution in [0.2, 0.25) is 0 Å². The van der Waals surface area contributed by atoms with E-state index < -0.39 is 0 Å². The molecule has 1 aromatic rings. The van der Waals surface area contributed by atoms with Crippen molar-refractivity contribution in [3.63, 3.8) is 0 Å². The number of benzene rings is 1. The molecule has 3 heteroatoms. The molecule has 1 aromatic carbocycles. The van der Waals surface area contributed by atoms with E-state index in [0.717, 1.165) is 0 Å². The van der Waals surface area contributed by atoms with Crippen LogP contribution in [-0.4, -0.2) is 22.4 Å². The molecule has 0 atom stereocenters. The SMILES string of the molecule is C/C(=C/C(=O)c1ccccc1)[O][Al]. The summed E-state index contributed by atoms with van der Waals surface area (Å²) in [6.45, 7) is 1.73. The molecule has 0 unspecified atom stereocenters. The van der Waals surface area contributed by atoms with Crippen LogP contribution in [-0.2, 0) is 3.79 Å². The van der Waals surface area contributed by atoms with Gasteiger partial charge in [0.15, 0.2) is 5.78 Å². The lowest BCUT2D eigenvalue weighted by atomic mass is 10.1. The second-order valence-electron chi connectivity index (χ2n) is 2.60. The number of rotatable bonds is 3. The van der Waals surface area contributed by atoms with Crippen LogP contribution in [0.5, 0.6) is 0 Å². The Kier molecular flexibility index (Phi) is 3.76. The molecule has 64 valence electrons. The van der Waals surface area contributed by atoms with E-state index in [4.69, 9.17) is 3.79 Å². The van der Waals surface area contributed by atoms with Crippen molar-refractivity contribution in [3.8, 4) is 0 Å². The van der Waals surface area contributed by atoms with E-state index in [9.17, 15) is 4.79 Å². The minimum Gasteiger partial charge on any atom is -0.657 e. The third kappa shape index (κ3) is 3.06. The molecule has 0 N–H and O–H groups in total. The molecular formula is C10H9AlO2. The van der Waals surface area contributed by atoms with Crippen molar-refractivity contribution in [2.24, 2.45) is 0 Å². The van der Waals surface area contributed by atoms with Crippen LogP contribution in [0.15, 0.2) is 42.2 Å². The predicted octanol–water partition coefficient (Wildman–Crippen LogP) is 1.87. The van der Waals surface area contributed by atoms with E-state index in [2.05, 4.69) is 16.6 Å². The van der Waals surface area contributed by atoms with Crippen molar-refractivity contribution < 1.29 is 8.58 Å². The Bertz CT molecular complexity index is 317. The normalized spacial score (nSPS) is 11.0. The summed E-state index contributed by atoms with van der Waals surface area (Å²) in [5, 5.41) is 0. The smallest absolute Gasteiger partial charge is 0.481 e. The standard InChI is InChI=1S/C10H10O2.Al/c1-8(11)7-10(12)9-5-3-2-4-6-9;/h2-7,11H,1H3;/q;+1/p-1/b8-7-;. The van der Waals surface area contributed by atoms with Crippen LogP contribution in [0.3, 0.4) is 0 Å². The Labute approximate surface area is 86.0 Å². The first-order valence-electron chi connectivity index (χ1n) is 3.88. The second kappa shape index (κ2) is 4.86. The lowest BCUT2D eigenvalue weighted by molar-refractivity contribution is 0.104. The summed E-state index contributed by atoms with van der Waals surface area (Å²) < 4.78 is 4.80. The average Bonchev–Trinajstić information content (AvgIpc) is 2.19. The number of ketones is 1. The monoisotopic (exact) mass is 188 g/mol. The summed E-state index contributed by atoms with van der Waals surface area (Å²) in [5.74, 6) is 0.541. The summed E-state index contributed by atoms with van der Waals surface area (Å²) in [4.78, 5) is 11.4. The third-order valence-corrected chi connectivity index (χ3v) is 1.95. The quantitative estimate of drug-likeness (QED) is 0.313. The van der Waals surface area contributed by atoms with E-state index in [0.29, 0.717) is 11.3 Å². The van der Waals surface area contributed by atoms with Gasteiger partial charge in [-0.25, -0.2) is 0 Å². The van der Waals surface area contributed by atoms with Crippen molar-refractivity contribution in [1.29, 1.82) is 0 Å². The van der Waals surface area contributed by atoms with Gasteiger partial charge in [0.25, 0.3) is 0 Å². The maximum atomic E-state index is 11.4. The van der Waals surface area contributed by atoms with Crippen LogP contribution in [0.25, 0.3) is 0 Å². The molecule has 2 radical (unpaired) electrons. The minimum atomic E-state index is -0.0412. The molecule has 0 aromatic heterocycles. The Morgan fingerprint density at radius 2 is 2.00 bits per heavy atom. The Balaban J connectivity index is 2.81. The van der Waals surface area contributed by atoms with Crippen LogP contribution >= 0.6 is 0 Å². The zero-order valence-corrected chi connectivity index (χ0v) is 8.51. The molecule has 0 fully saturated rings. The lowest BCUT2D eigenvalue weighted by Crippen LogP contribution is -1.95. The van der Waals surface area contributed by atoms with Gasteiger partial charge >= 0.3 is 16.6 Å². The van der Waals surface area contributed by atoms with Gasteiger partial charge in [-0.05, 0) is 6.92 Å². The minimum absolute atomic E-state index is 0.0412. The van der Waals surface area contributed by atoms with Gasteiger partial charge < -0.3 is 3.79 Å². The molecule has 13 heavy (non-hydrogen) atoms. The number of hydrogen-bond donors (Lipinski definition) is 0. The molecule has 0 bridgehead atoms. The molecule has 0 aliphatic carbocycles. The first kappa shape index (κ1) is 10.0. The topological polar surface area (TPSA) is 26.3 Å². The van der Waals surface area contributed by atoms with E-state index in [1.807, 2.05) is 18.2 Å². The van der Waals surface area contributed by atoms with Gasteiger partial charge in [-0.2, -0.15) is 0 Å². The molecule has 0 spiro atoms. The maximum absolute atomic E-state index is 11.4. The maximum Gasteiger partial charge on any atom is 0.481 e. The van der Waals surface area contributed by atoms with Crippen molar-refractivity contribution in [1.82, 2.24) is 0 Å². The lowest BCUT2D eigenvalue weighted by Gasteiger charge is -2.00. The average molecular weight is 188 g/mol. The highest BCUT2D eigenvalue weighted by atomic mass is 27.1. The fourth-order valence-corrected chi connectivity index (χ4v) is 0.972. The molecule has 0 amide bonds. The fourth-order valence-electron chi connectivity index (χ4n) is 0.904. The van der Waals surface area contributed by atoms with Crippen molar-refractivity contribution in [2.45, 2.75) is 6.92 Å². The summed E-state index contributed by atoms with van der Waals surface area (Å²) in [6, 6.07) is 9.08. The van der Waals surface area contributed by atoms with Crippen LogP contribution in [0, 0.1) is 0 Å². The van der Waals surface area contributed by atoms with Gasteiger partial charge in [0.05, 0.1) is 5.76 Å². The number of hydrogen-bond acceptors (Lipinski definition) is 2. The summed E-state index contributed by atoms with van der Waals surface area (Å²) in [6.07, 6.45) is 1.46. The van der Waals surface area contributed by atoms with Crippen LogP contribution < -0.4 is 0 Å². The van der Waals surface area contributed by atoms with Gasteiger partial charge in [-0.1, -0.05) is 30.3 Å². The third-order valence-electron chi connectivity index (χ3n) is 1.58. The van der Waals surface area contributed by atoms with Crippen LogP contribution in [0.4, 0.5) is 0 Å². The van der Waals surface area contributed by atoms with Gasteiger partial charge in [0, 0.05) is 11.6 Å². The summed E-state index contributed by atoms with van der Waals surface area (Å²) in [5.41, 5.74) is 0.670. The molecule has 0 saturated heterocycles. The second-order valence-corrected chi connectivity index (χ2v) is 2.84. The summed E-state index contributed by atoms with van der Waals surface area (Å²) >= 11 is 2.10. The van der Waals surface area contributed by atoms with Gasteiger partial charge in [0.2, 0.25) is 0 Å². The molecular weight excluding hydrogens is 179 g/mol. The van der Waals surface area contributed by atoms with Gasteiger partial charge in [-0.3, -0.25) is 4.79 Å². The largest absolute Gasteiger partial charge is 0.657 e. The highest BCUT2D eigenvalue weighted by Gasteiger charge is 2.00. The Morgan fingerprint density at radius 3 is 2.54 bits per heavy atom. The predicted molar refractivity (Wildman–Crippen MR) is 51.4 cm³/mol. The molecule has 0 saturated carbocycles. The van der Waals surface area contributed by atoms with Crippen LogP contribution in [0.1, 0.15) is 17.3 Å². The Hall–Kier alpha value is -1.04. The van der Waals surface area contributed by atoms with E-state index in [1.165, 1.54) is 6.08 Å². The molecule has 0 aliphatic heterocycles. The van der Waals surface area contributed by atoms with Gasteiger partial charge in [0.1, 0.15) is 0 Å². The van der Waals surface area contributed by atoms with Gasteiger partial charge in [-0.15, -0.1) is 0 Å². The van der Waals surface area contributed by atoms with E-state index in [1.54, 1.807) is 19.1 Å². The number of carbonyl (C=O) groups is 1. The molecule has 0 aliphatic rings. The highest BCUT2D eigenvalue weighted by molar-refractivity contribution is 6.05. The van der Waals surface area contributed by atoms with Crippen molar-refractivity contribution >= 4 is 22.4 Å². The highest BCUT2D eigenvalue weighted by Crippen LogP contribution is 2.03. The van der Waals surface area contributed by atoms with Crippen molar-refractivity contribution in [3.05, 3.63) is 47.7 Å². The number of carbonyl (C=O) groups excluding carboxylic acids is 1. The first-order chi connectivity index (χ1) is 6.24. The molecule has 0 heterocycles. The summed E-state index contributed by atoms with van der Waals surface area (Å²) in [7, 11) is 0. The molecule has 2 nitrogen and oxygen atoms in total.